The van der Waals surface area contributed by atoms with Crippen molar-refractivity contribution in [2.24, 2.45) is 0 Å². The molecule has 2 aromatic rings. The molecule has 4 nitrogen and oxygen atoms in total. The van der Waals surface area contributed by atoms with Crippen molar-refractivity contribution in [2.45, 2.75) is 6.18 Å². The number of ether oxygens (including phenoxy) is 2. The van der Waals surface area contributed by atoms with E-state index in [2.05, 4.69) is 10.1 Å². The van der Waals surface area contributed by atoms with Gasteiger partial charge in [-0.1, -0.05) is 12.1 Å². The van der Waals surface area contributed by atoms with Gasteiger partial charge in [0.15, 0.2) is 24.8 Å². The fourth-order valence-electron chi connectivity index (χ4n) is 1.70. The maximum Gasteiger partial charge on any atom is 0.422 e. The molecule has 0 unspecified atom stereocenters. The molecule has 0 aliphatic carbocycles. The molecule has 0 fully saturated rings. The summed E-state index contributed by atoms with van der Waals surface area (Å²) >= 11 is 0. The number of hydrogen-bond acceptors (Lipinski definition) is 3. The lowest BCUT2D eigenvalue weighted by molar-refractivity contribution is -0.153. The molecule has 24 heavy (non-hydrogen) atoms. The van der Waals surface area contributed by atoms with Crippen LogP contribution in [0.1, 0.15) is 0 Å². The molecule has 1 N–H and O–H groups in total. The molecule has 2 aromatic carbocycles. The minimum absolute atomic E-state index is 0.0212. The van der Waals surface area contributed by atoms with E-state index in [1.54, 1.807) is 6.07 Å². The highest BCUT2D eigenvalue weighted by Gasteiger charge is 2.28. The normalized spacial score (nSPS) is 11.0. The van der Waals surface area contributed by atoms with Gasteiger partial charge in [0, 0.05) is 5.69 Å². The highest BCUT2D eigenvalue weighted by molar-refractivity contribution is 5.91. The summed E-state index contributed by atoms with van der Waals surface area (Å²) in [7, 11) is 0. The van der Waals surface area contributed by atoms with Crippen LogP contribution < -0.4 is 14.8 Å². The van der Waals surface area contributed by atoms with Crippen molar-refractivity contribution in [3.8, 4) is 11.5 Å². The molecule has 0 aliphatic heterocycles. The number of nitrogens with one attached hydrogen (secondary N) is 1. The second-order valence-electron chi connectivity index (χ2n) is 4.70. The van der Waals surface area contributed by atoms with Crippen LogP contribution in [0.5, 0.6) is 11.5 Å². The van der Waals surface area contributed by atoms with Crippen molar-refractivity contribution in [3.05, 3.63) is 54.3 Å². The number of amides is 1. The first-order valence-corrected chi connectivity index (χ1v) is 6.80. The number of hydrogen-bond donors (Lipinski definition) is 1. The lowest BCUT2D eigenvalue weighted by Crippen LogP contribution is -2.20. The molecular formula is C16H13F4NO3. The minimum Gasteiger partial charge on any atom is -0.484 e. The third kappa shape index (κ3) is 5.79. The molecule has 0 saturated heterocycles. The van der Waals surface area contributed by atoms with E-state index in [0.717, 1.165) is 0 Å². The summed E-state index contributed by atoms with van der Waals surface area (Å²) in [6.07, 6.45) is -4.42. The zero-order chi connectivity index (χ0) is 17.6. The minimum atomic E-state index is -4.42. The first-order chi connectivity index (χ1) is 11.3. The summed E-state index contributed by atoms with van der Waals surface area (Å²) in [6, 6.07) is 11.0. The van der Waals surface area contributed by atoms with Crippen molar-refractivity contribution in [1.29, 1.82) is 0 Å². The van der Waals surface area contributed by atoms with Gasteiger partial charge in [-0.25, -0.2) is 4.39 Å². The Morgan fingerprint density at radius 2 is 1.67 bits per heavy atom. The number of carbonyl (C=O) groups is 1. The molecule has 0 aliphatic rings. The SMILES string of the molecule is O=C(COc1ccccc1F)Nc1ccc(OCC(F)(F)F)cc1. The van der Waals surface area contributed by atoms with Crippen LogP contribution in [0.2, 0.25) is 0 Å². The molecule has 128 valence electrons. The van der Waals surface area contributed by atoms with Gasteiger partial charge in [-0.2, -0.15) is 13.2 Å². The number of benzene rings is 2. The Morgan fingerprint density at radius 1 is 1.00 bits per heavy atom. The van der Waals surface area contributed by atoms with Gasteiger partial charge >= 0.3 is 6.18 Å². The molecule has 0 spiro atoms. The van der Waals surface area contributed by atoms with E-state index in [9.17, 15) is 22.4 Å². The Labute approximate surface area is 135 Å². The summed E-state index contributed by atoms with van der Waals surface area (Å²) in [5.41, 5.74) is 0.344. The van der Waals surface area contributed by atoms with Crippen LogP contribution >= 0.6 is 0 Å². The van der Waals surface area contributed by atoms with E-state index in [1.165, 1.54) is 42.5 Å². The Kier molecular flexibility index (Phi) is 5.62. The topological polar surface area (TPSA) is 47.6 Å². The Hall–Kier alpha value is -2.77. The van der Waals surface area contributed by atoms with Crippen LogP contribution in [0, 0.1) is 5.82 Å². The van der Waals surface area contributed by atoms with E-state index in [0.29, 0.717) is 5.69 Å². The molecule has 1 amide bonds. The number of rotatable bonds is 6. The second-order valence-corrected chi connectivity index (χ2v) is 4.70. The van der Waals surface area contributed by atoms with Gasteiger partial charge < -0.3 is 14.8 Å². The average Bonchev–Trinajstić information content (AvgIpc) is 2.53. The number of carbonyl (C=O) groups excluding carboxylic acids is 1. The van der Waals surface area contributed by atoms with Crippen LogP contribution in [-0.4, -0.2) is 25.3 Å². The number of para-hydroxylation sites is 1. The summed E-state index contributed by atoms with van der Waals surface area (Å²) in [5, 5.41) is 2.47. The third-order valence-electron chi connectivity index (χ3n) is 2.74. The van der Waals surface area contributed by atoms with Gasteiger partial charge in [-0.3, -0.25) is 4.79 Å². The van der Waals surface area contributed by atoms with E-state index in [-0.39, 0.29) is 11.5 Å². The monoisotopic (exact) mass is 343 g/mol. The molecule has 0 aromatic heterocycles. The molecule has 0 radical (unpaired) electrons. The Balaban J connectivity index is 1.82. The maximum atomic E-state index is 13.3. The predicted octanol–water partition coefficient (Wildman–Crippen LogP) is 3.78. The van der Waals surface area contributed by atoms with Crippen molar-refractivity contribution < 1.29 is 31.8 Å². The number of alkyl halides is 3. The van der Waals surface area contributed by atoms with Crippen molar-refractivity contribution in [1.82, 2.24) is 0 Å². The summed E-state index contributed by atoms with van der Waals surface area (Å²) in [5.74, 6) is -1.16. The standard InChI is InChI=1S/C16H13F4NO3/c17-13-3-1-2-4-14(13)23-9-15(22)21-11-5-7-12(8-6-11)24-10-16(18,19)20/h1-8H,9-10H2,(H,21,22). The summed E-state index contributed by atoms with van der Waals surface area (Å²) < 4.78 is 59.0. The summed E-state index contributed by atoms with van der Waals surface area (Å²) in [6.45, 7) is -1.80. The first-order valence-electron chi connectivity index (χ1n) is 6.80. The van der Waals surface area contributed by atoms with Gasteiger partial charge in [0.2, 0.25) is 0 Å². The molecular weight excluding hydrogens is 330 g/mol. The largest absolute Gasteiger partial charge is 0.484 e. The summed E-state index contributed by atoms with van der Waals surface area (Å²) in [4.78, 5) is 11.7. The Bertz CT molecular complexity index is 686. The van der Waals surface area contributed by atoms with Crippen LogP contribution in [0.4, 0.5) is 23.2 Å². The third-order valence-corrected chi connectivity index (χ3v) is 2.74. The number of halogens is 4. The van der Waals surface area contributed by atoms with Crippen LogP contribution in [-0.2, 0) is 4.79 Å². The predicted molar refractivity (Wildman–Crippen MR) is 78.5 cm³/mol. The fourth-order valence-corrected chi connectivity index (χ4v) is 1.70. The van der Waals surface area contributed by atoms with Crippen LogP contribution in [0.15, 0.2) is 48.5 Å². The fraction of sp³-hybridized carbons (Fsp3) is 0.188. The van der Waals surface area contributed by atoms with Gasteiger partial charge in [-0.05, 0) is 36.4 Å². The average molecular weight is 343 g/mol. The zero-order valence-corrected chi connectivity index (χ0v) is 12.3. The van der Waals surface area contributed by atoms with Crippen LogP contribution in [0.3, 0.4) is 0 Å². The van der Waals surface area contributed by atoms with Gasteiger partial charge in [0.1, 0.15) is 5.75 Å². The lowest BCUT2D eigenvalue weighted by atomic mass is 10.3. The van der Waals surface area contributed by atoms with Crippen molar-refractivity contribution >= 4 is 11.6 Å². The van der Waals surface area contributed by atoms with Crippen molar-refractivity contribution in [3.63, 3.8) is 0 Å². The van der Waals surface area contributed by atoms with Gasteiger partial charge in [0.05, 0.1) is 0 Å². The van der Waals surface area contributed by atoms with E-state index in [1.807, 2.05) is 0 Å². The Morgan fingerprint density at radius 3 is 2.29 bits per heavy atom. The maximum absolute atomic E-state index is 13.3. The first kappa shape index (κ1) is 17.6. The molecule has 0 saturated carbocycles. The number of anilines is 1. The smallest absolute Gasteiger partial charge is 0.422 e. The van der Waals surface area contributed by atoms with Crippen LogP contribution in [0.25, 0.3) is 0 Å². The molecule has 8 heteroatoms. The molecule has 0 bridgehead atoms. The highest BCUT2D eigenvalue weighted by atomic mass is 19.4. The molecule has 0 heterocycles. The molecule has 2 rings (SSSR count). The second kappa shape index (κ2) is 7.67. The highest BCUT2D eigenvalue weighted by Crippen LogP contribution is 2.20. The van der Waals surface area contributed by atoms with Gasteiger partial charge in [-0.15, -0.1) is 0 Å². The lowest BCUT2D eigenvalue weighted by Gasteiger charge is -2.10. The van der Waals surface area contributed by atoms with E-state index in [4.69, 9.17) is 4.74 Å². The molecule has 0 atom stereocenters. The van der Waals surface area contributed by atoms with Crippen molar-refractivity contribution in [2.75, 3.05) is 18.5 Å². The van der Waals surface area contributed by atoms with Gasteiger partial charge in [0.25, 0.3) is 5.91 Å². The van der Waals surface area contributed by atoms with E-state index < -0.39 is 31.1 Å². The van der Waals surface area contributed by atoms with E-state index >= 15 is 0 Å². The quantitative estimate of drug-likeness (QED) is 0.812. The zero-order valence-electron chi connectivity index (χ0n) is 12.3.